The Hall–Kier alpha value is -2.49. The summed E-state index contributed by atoms with van der Waals surface area (Å²) in [4.78, 5) is 13.4. The van der Waals surface area contributed by atoms with Crippen molar-refractivity contribution in [2.24, 2.45) is 0 Å². The lowest BCUT2D eigenvalue weighted by Crippen LogP contribution is -2.16. The van der Waals surface area contributed by atoms with E-state index in [0.717, 1.165) is 56.3 Å². The minimum absolute atomic E-state index is 0.0924. The van der Waals surface area contributed by atoms with Crippen LogP contribution in [-0.4, -0.2) is 24.1 Å². The molecule has 0 heterocycles. The number of Topliss-reactive ketones (excluding diaryl/α,β-unsaturated/α-hetero) is 1. The lowest BCUT2D eigenvalue weighted by Gasteiger charge is -2.20. The molecule has 0 amide bonds. The fourth-order valence-corrected chi connectivity index (χ4v) is 4.35. The second-order valence-corrected chi connectivity index (χ2v) is 9.58. The van der Waals surface area contributed by atoms with Gasteiger partial charge >= 0.3 is 0 Å². The molecule has 4 nitrogen and oxygen atoms in total. The molecular formula is C32H48O4. The van der Waals surface area contributed by atoms with Crippen molar-refractivity contribution in [1.29, 1.82) is 0 Å². The Bertz CT molecular complexity index is 891. The molecule has 200 valence electrons. The quantitative estimate of drug-likeness (QED) is 0.205. The highest BCUT2D eigenvalue weighted by atomic mass is 16.5. The summed E-state index contributed by atoms with van der Waals surface area (Å²) in [7, 11) is 0. The number of ketones is 1. The van der Waals surface area contributed by atoms with Gasteiger partial charge in [0.2, 0.25) is 0 Å². The van der Waals surface area contributed by atoms with Crippen LogP contribution in [0.1, 0.15) is 115 Å². The number of benzene rings is 2. The maximum Gasteiger partial charge on any atom is 0.163 e. The van der Waals surface area contributed by atoms with Crippen LogP contribution >= 0.6 is 0 Å². The van der Waals surface area contributed by atoms with Crippen LogP contribution < -0.4 is 14.2 Å². The predicted molar refractivity (Wildman–Crippen MR) is 150 cm³/mol. The monoisotopic (exact) mass is 496 g/mol. The summed E-state index contributed by atoms with van der Waals surface area (Å²) < 4.78 is 18.7. The van der Waals surface area contributed by atoms with E-state index < -0.39 is 0 Å². The van der Waals surface area contributed by atoms with Crippen LogP contribution in [-0.2, 0) is 12.8 Å². The minimum Gasteiger partial charge on any atom is -0.490 e. The first kappa shape index (κ1) is 29.7. The van der Waals surface area contributed by atoms with Crippen molar-refractivity contribution >= 4 is 5.78 Å². The van der Waals surface area contributed by atoms with Crippen molar-refractivity contribution in [3.8, 4) is 17.2 Å². The van der Waals surface area contributed by atoms with Gasteiger partial charge in [0.15, 0.2) is 5.78 Å². The fourth-order valence-electron chi connectivity index (χ4n) is 4.35. The van der Waals surface area contributed by atoms with Gasteiger partial charge in [-0.2, -0.15) is 0 Å². The van der Waals surface area contributed by atoms with Crippen molar-refractivity contribution in [3.63, 3.8) is 0 Å². The Balaban J connectivity index is 2.29. The van der Waals surface area contributed by atoms with E-state index >= 15 is 0 Å². The van der Waals surface area contributed by atoms with E-state index in [4.69, 9.17) is 14.2 Å². The van der Waals surface area contributed by atoms with Gasteiger partial charge < -0.3 is 14.2 Å². The molecule has 0 N–H and O–H groups in total. The highest BCUT2D eigenvalue weighted by molar-refractivity contribution is 5.97. The van der Waals surface area contributed by atoms with Gasteiger partial charge in [-0.25, -0.2) is 0 Å². The van der Waals surface area contributed by atoms with Crippen molar-refractivity contribution in [1.82, 2.24) is 0 Å². The maximum atomic E-state index is 13.4. The third-order valence-corrected chi connectivity index (χ3v) is 6.99. The predicted octanol–water partition coefficient (Wildman–Crippen LogP) is 8.77. The van der Waals surface area contributed by atoms with Crippen molar-refractivity contribution < 1.29 is 19.0 Å². The van der Waals surface area contributed by atoms with Gasteiger partial charge in [-0.1, -0.05) is 60.6 Å². The molecular weight excluding hydrogens is 448 g/mol. The van der Waals surface area contributed by atoms with Crippen molar-refractivity contribution in [3.05, 3.63) is 53.1 Å². The van der Waals surface area contributed by atoms with E-state index in [0.29, 0.717) is 29.9 Å². The molecule has 0 spiro atoms. The molecule has 2 aromatic carbocycles. The molecule has 0 radical (unpaired) electrons. The van der Waals surface area contributed by atoms with E-state index in [-0.39, 0.29) is 24.1 Å². The summed E-state index contributed by atoms with van der Waals surface area (Å²) in [5.41, 5.74) is 3.01. The molecule has 36 heavy (non-hydrogen) atoms. The van der Waals surface area contributed by atoms with E-state index in [1.807, 2.05) is 18.2 Å². The van der Waals surface area contributed by atoms with Gasteiger partial charge in [0.05, 0.1) is 18.3 Å². The first-order valence-electron chi connectivity index (χ1n) is 14.2. The summed E-state index contributed by atoms with van der Waals surface area (Å²) in [6.45, 7) is 14.9. The van der Waals surface area contributed by atoms with Crippen molar-refractivity contribution in [2.45, 2.75) is 125 Å². The van der Waals surface area contributed by atoms with Crippen LogP contribution in [0.15, 0.2) is 36.4 Å². The zero-order chi connectivity index (χ0) is 26.5. The average molecular weight is 497 g/mol. The number of hydrogen-bond donors (Lipinski definition) is 0. The van der Waals surface area contributed by atoms with Crippen LogP contribution in [0.3, 0.4) is 0 Å². The largest absolute Gasteiger partial charge is 0.490 e. The molecule has 0 fully saturated rings. The second-order valence-electron chi connectivity index (χ2n) is 9.58. The highest BCUT2D eigenvalue weighted by Gasteiger charge is 2.17. The Morgan fingerprint density at radius 2 is 1.17 bits per heavy atom. The molecule has 0 aliphatic carbocycles. The lowest BCUT2D eigenvalue weighted by atomic mass is 9.99. The third-order valence-electron chi connectivity index (χ3n) is 6.99. The molecule has 0 saturated carbocycles. The van der Waals surface area contributed by atoms with E-state index in [9.17, 15) is 4.79 Å². The van der Waals surface area contributed by atoms with Gasteiger partial charge in [0, 0.05) is 18.1 Å². The number of ether oxygens (including phenoxy) is 3. The first-order valence-corrected chi connectivity index (χ1v) is 14.2. The SMILES string of the molecule is CCc1ccc(OC(CC)CC)c(CCC(=O)c2cc(OC(CC)CC)cc(OC(CC)CC)c2)c1. The van der Waals surface area contributed by atoms with E-state index in [2.05, 4.69) is 66.7 Å². The van der Waals surface area contributed by atoms with Crippen molar-refractivity contribution in [2.75, 3.05) is 0 Å². The molecule has 2 rings (SSSR count). The van der Waals surface area contributed by atoms with Crippen LogP contribution in [0, 0.1) is 0 Å². The van der Waals surface area contributed by atoms with Gasteiger partial charge in [-0.15, -0.1) is 0 Å². The summed E-state index contributed by atoms with van der Waals surface area (Å²) in [6.07, 6.45) is 8.06. The Kier molecular flexibility index (Phi) is 12.9. The standard InChI is InChI=1S/C32H48O4/c1-8-23-15-18-32(36-28(13-6)14-7)24(19-23)16-17-31(33)25-20-29(34-26(9-2)10-3)22-30(21-25)35-27(11-4)12-5/h15,18-22,26-28H,8-14,16-17H2,1-7H3. The molecule has 2 aromatic rings. The second kappa shape index (κ2) is 15.6. The van der Waals surface area contributed by atoms with Gasteiger partial charge in [0.1, 0.15) is 17.2 Å². The Labute approximate surface area is 219 Å². The van der Waals surface area contributed by atoms with Gasteiger partial charge in [0.25, 0.3) is 0 Å². The number of rotatable bonds is 17. The van der Waals surface area contributed by atoms with Crippen LogP contribution in [0.4, 0.5) is 0 Å². The molecule has 0 unspecified atom stereocenters. The minimum atomic E-state index is 0.0924. The molecule has 0 atom stereocenters. The van der Waals surface area contributed by atoms with Crippen LogP contribution in [0.25, 0.3) is 0 Å². The number of hydrogen-bond acceptors (Lipinski definition) is 4. The van der Waals surface area contributed by atoms with Gasteiger partial charge in [-0.05, 0) is 80.7 Å². The first-order chi connectivity index (χ1) is 17.4. The molecule has 0 aromatic heterocycles. The molecule has 0 aliphatic heterocycles. The van der Waals surface area contributed by atoms with Gasteiger partial charge in [-0.3, -0.25) is 4.79 Å². The number of aryl methyl sites for hydroxylation is 2. The summed E-state index contributed by atoms with van der Waals surface area (Å²) in [5, 5.41) is 0. The smallest absolute Gasteiger partial charge is 0.163 e. The van der Waals surface area contributed by atoms with E-state index in [1.54, 1.807) is 0 Å². The van der Waals surface area contributed by atoms with Crippen LogP contribution in [0.2, 0.25) is 0 Å². The fraction of sp³-hybridized carbons (Fsp3) is 0.594. The molecule has 0 saturated heterocycles. The summed E-state index contributed by atoms with van der Waals surface area (Å²) in [6, 6.07) is 12.1. The zero-order valence-electron chi connectivity index (χ0n) is 23.7. The number of carbonyl (C=O) groups excluding carboxylic acids is 1. The molecule has 0 bridgehead atoms. The maximum absolute atomic E-state index is 13.4. The normalized spacial score (nSPS) is 11.4. The highest BCUT2D eigenvalue weighted by Crippen LogP contribution is 2.29. The van der Waals surface area contributed by atoms with E-state index in [1.165, 1.54) is 5.56 Å². The third kappa shape index (κ3) is 8.87. The average Bonchev–Trinajstić information content (AvgIpc) is 2.91. The molecule has 4 heteroatoms. The lowest BCUT2D eigenvalue weighted by molar-refractivity contribution is 0.0980. The Morgan fingerprint density at radius 1 is 0.667 bits per heavy atom. The summed E-state index contributed by atoms with van der Waals surface area (Å²) in [5.74, 6) is 2.41. The number of carbonyl (C=O) groups is 1. The Morgan fingerprint density at radius 3 is 1.64 bits per heavy atom. The van der Waals surface area contributed by atoms with Crippen LogP contribution in [0.5, 0.6) is 17.2 Å². The topological polar surface area (TPSA) is 44.8 Å². The molecule has 0 aliphatic rings. The summed E-state index contributed by atoms with van der Waals surface area (Å²) >= 11 is 0. The zero-order valence-corrected chi connectivity index (χ0v) is 23.7.